The molecule has 0 spiro atoms. The lowest BCUT2D eigenvalue weighted by Gasteiger charge is -2.32. The van der Waals surface area contributed by atoms with Crippen molar-refractivity contribution in [2.45, 2.75) is 12.5 Å². The number of amides is 2. The number of benzene rings is 1. The van der Waals surface area contributed by atoms with Crippen molar-refractivity contribution in [3.8, 4) is 11.3 Å². The molecule has 0 saturated carbocycles. The van der Waals surface area contributed by atoms with E-state index < -0.39 is 0 Å². The number of pyridine rings is 1. The molecule has 1 fully saturated rings. The number of hydrogen-bond acceptors (Lipinski definition) is 5. The third-order valence-corrected chi connectivity index (χ3v) is 5.94. The Balaban J connectivity index is 1.74. The van der Waals surface area contributed by atoms with Crippen molar-refractivity contribution in [3.05, 3.63) is 57.8 Å². The number of hydrogen-bond donors (Lipinski definition) is 1. The molecule has 2 amide bonds. The van der Waals surface area contributed by atoms with Crippen LogP contribution in [-0.2, 0) is 15.9 Å². The number of methoxy groups -OCH3 is 1. The Morgan fingerprint density at radius 1 is 1.28 bits per heavy atom. The van der Waals surface area contributed by atoms with Crippen molar-refractivity contribution in [1.29, 1.82) is 0 Å². The highest BCUT2D eigenvalue weighted by Crippen LogP contribution is 2.33. The maximum Gasteiger partial charge on any atom is 0.409 e. The molecule has 32 heavy (non-hydrogen) atoms. The van der Waals surface area contributed by atoms with Crippen LogP contribution in [-0.4, -0.2) is 66.2 Å². The minimum atomic E-state index is -0.378. The van der Waals surface area contributed by atoms with Crippen LogP contribution in [0.1, 0.15) is 16.1 Å². The number of ether oxygens (including phenoxy) is 2. The fraction of sp³-hybridized carbons (Fsp3) is 0.318. The van der Waals surface area contributed by atoms with E-state index in [2.05, 4.69) is 5.32 Å². The van der Waals surface area contributed by atoms with E-state index in [1.54, 1.807) is 42.3 Å². The zero-order chi connectivity index (χ0) is 22.8. The second-order valence-electron chi connectivity index (χ2n) is 7.37. The Morgan fingerprint density at radius 2 is 2.09 bits per heavy atom. The highest BCUT2D eigenvalue weighted by molar-refractivity contribution is 6.33. The quantitative estimate of drug-likeness (QED) is 0.620. The van der Waals surface area contributed by atoms with Crippen molar-refractivity contribution < 1.29 is 19.1 Å². The Morgan fingerprint density at radius 3 is 2.81 bits per heavy atom. The first kappa shape index (κ1) is 22.4. The zero-order valence-corrected chi connectivity index (χ0v) is 19.1. The van der Waals surface area contributed by atoms with Crippen LogP contribution in [0.25, 0.3) is 16.9 Å². The smallest absolute Gasteiger partial charge is 0.409 e. The molecule has 2 aromatic heterocycles. The number of halogens is 2. The topological polar surface area (TPSA) is 85.2 Å². The van der Waals surface area contributed by atoms with Crippen molar-refractivity contribution >= 4 is 40.8 Å². The minimum Gasteiger partial charge on any atom is -0.453 e. The van der Waals surface area contributed by atoms with Crippen LogP contribution in [0.2, 0.25) is 10.0 Å². The van der Waals surface area contributed by atoms with Gasteiger partial charge in [-0.25, -0.2) is 9.78 Å². The second kappa shape index (κ2) is 9.36. The molecule has 1 atom stereocenters. The van der Waals surface area contributed by atoms with Crippen molar-refractivity contribution in [2.75, 3.05) is 33.9 Å². The van der Waals surface area contributed by atoms with Crippen LogP contribution < -0.4 is 5.32 Å². The van der Waals surface area contributed by atoms with Crippen LogP contribution in [0.5, 0.6) is 0 Å². The molecule has 1 N–H and O–H groups in total. The van der Waals surface area contributed by atoms with Gasteiger partial charge < -0.3 is 24.1 Å². The number of nitrogens with zero attached hydrogens (tertiary/aromatic N) is 3. The summed E-state index contributed by atoms with van der Waals surface area (Å²) in [4.78, 5) is 30.3. The van der Waals surface area contributed by atoms with E-state index in [1.165, 1.54) is 7.11 Å². The summed E-state index contributed by atoms with van der Waals surface area (Å²) in [6, 6.07) is 8.65. The van der Waals surface area contributed by atoms with Gasteiger partial charge in [0.25, 0.3) is 5.91 Å². The van der Waals surface area contributed by atoms with Gasteiger partial charge in [-0.3, -0.25) is 4.79 Å². The maximum atomic E-state index is 12.0. The van der Waals surface area contributed by atoms with Gasteiger partial charge in [-0.05, 0) is 18.2 Å². The fourth-order valence-electron chi connectivity index (χ4n) is 3.83. The summed E-state index contributed by atoms with van der Waals surface area (Å²) in [6.45, 7) is 1.29. The van der Waals surface area contributed by atoms with Gasteiger partial charge in [0.15, 0.2) is 0 Å². The predicted molar refractivity (Wildman–Crippen MR) is 121 cm³/mol. The van der Waals surface area contributed by atoms with Gasteiger partial charge in [0.1, 0.15) is 5.65 Å². The first-order chi connectivity index (χ1) is 15.4. The highest BCUT2D eigenvalue weighted by Gasteiger charge is 2.28. The first-order valence-corrected chi connectivity index (χ1v) is 10.8. The number of carbonyl (C=O) groups is 2. The normalized spacial score (nSPS) is 16.2. The van der Waals surface area contributed by atoms with Crippen LogP contribution in [0.4, 0.5) is 4.79 Å². The number of morpholine rings is 1. The first-order valence-electron chi connectivity index (χ1n) is 10.0. The summed E-state index contributed by atoms with van der Waals surface area (Å²) in [5.74, 6) is -0.223. The van der Waals surface area contributed by atoms with Gasteiger partial charge in [0.2, 0.25) is 0 Å². The van der Waals surface area contributed by atoms with E-state index in [1.807, 2.05) is 10.6 Å². The van der Waals surface area contributed by atoms with Gasteiger partial charge in [-0.1, -0.05) is 29.3 Å². The molecule has 1 aromatic carbocycles. The Labute approximate surface area is 195 Å². The third-order valence-electron chi connectivity index (χ3n) is 5.39. The Bertz CT molecular complexity index is 1180. The van der Waals surface area contributed by atoms with Crippen molar-refractivity contribution in [2.24, 2.45) is 0 Å². The molecule has 1 unspecified atom stereocenters. The molecule has 0 bridgehead atoms. The van der Waals surface area contributed by atoms with Gasteiger partial charge in [-0.15, -0.1) is 0 Å². The average Bonchev–Trinajstić information content (AvgIpc) is 3.14. The number of nitrogens with one attached hydrogen (secondary N) is 1. The number of imidazole rings is 1. The molecule has 0 aliphatic carbocycles. The molecule has 168 valence electrons. The monoisotopic (exact) mass is 476 g/mol. The van der Waals surface area contributed by atoms with E-state index in [-0.39, 0.29) is 18.1 Å². The molecular formula is C22H22Cl2N4O4. The van der Waals surface area contributed by atoms with Gasteiger partial charge >= 0.3 is 6.09 Å². The Hall–Kier alpha value is -2.81. The van der Waals surface area contributed by atoms with Crippen molar-refractivity contribution in [1.82, 2.24) is 19.6 Å². The summed E-state index contributed by atoms with van der Waals surface area (Å²) < 4.78 is 12.7. The lowest BCUT2D eigenvalue weighted by atomic mass is 10.0. The molecule has 10 heteroatoms. The summed E-state index contributed by atoms with van der Waals surface area (Å²) in [6.07, 6.45) is 1.70. The molecule has 0 radical (unpaired) electrons. The average molecular weight is 477 g/mol. The van der Waals surface area contributed by atoms with Gasteiger partial charge in [0, 0.05) is 48.4 Å². The van der Waals surface area contributed by atoms with Crippen LogP contribution in [0.15, 0.2) is 36.5 Å². The fourth-order valence-corrected chi connectivity index (χ4v) is 4.25. The lowest BCUT2D eigenvalue weighted by molar-refractivity contribution is -0.0241. The molecule has 1 aliphatic rings. The lowest BCUT2D eigenvalue weighted by Crippen LogP contribution is -2.46. The predicted octanol–water partition coefficient (Wildman–Crippen LogP) is 3.68. The summed E-state index contributed by atoms with van der Waals surface area (Å²) >= 11 is 12.8. The SMILES string of the molecule is CNC(=O)c1ccc(-c2nc3cc(Cl)ccn3c2CC2CN(C(=O)OC)CCO2)c(Cl)c1. The molecule has 8 nitrogen and oxygen atoms in total. The minimum absolute atomic E-state index is 0.223. The van der Waals surface area contributed by atoms with E-state index in [9.17, 15) is 9.59 Å². The molecule has 3 aromatic rings. The summed E-state index contributed by atoms with van der Waals surface area (Å²) in [5, 5.41) is 3.56. The largest absolute Gasteiger partial charge is 0.453 e. The molecule has 1 aliphatic heterocycles. The number of rotatable bonds is 4. The molecule has 1 saturated heterocycles. The van der Waals surface area contributed by atoms with Gasteiger partial charge in [0.05, 0.1) is 42.8 Å². The highest BCUT2D eigenvalue weighted by atomic mass is 35.5. The third kappa shape index (κ3) is 4.39. The molecular weight excluding hydrogens is 455 g/mol. The van der Waals surface area contributed by atoms with Crippen molar-refractivity contribution in [3.63, 3.8) is 0 Å². The second-order valence-corrected chi connectivity index (χ2v) is 8.21. The van der Waals surface area contributed by atoms with E-state index in [0.717, 1.165) is 5.69 Å². The summed E-state index contributed by atoms with van der Waals surface area (Å²) in [7, 11) is 2.93. The number of fused-ring (bicyclic) bond motifs is 1. The van der Waals surface area contributed by atoms with E-state index in [4.69, 9.17) is 37.7 Å². The zero-order valence-electron chi connectivity index (χ0n) is 17.6. The molecule has 4 rings (SSSR count). The summed E-state index contributed by atoms with van der Waals surface area (Å²) in [5.41, 5.74) is 3.34. The maximum absolute atomic E-state index is 12.0. The molecule has 3 heterocycles. The van der Waals surface area contributed by atoms with Crippen LogP contribution >= 0.6 is 23.2 Å². The van der Waals surface area contributed by atoms with E-state index >= 15 is 0 Å². The number of carbonyl (C=O) groups excluding carboxylic acids is 2. The van der Waals surface area contributed by atoms with Crippen LogP contribution in [0.3, 0.4) is 0 Å². The van der Waals surface area contributed by atoms with Crippen LogP contribution in [0, 0.1) is 0 Å². The van der Waals surface area contributed by atoms with Gasteiger partial charge in [-0.2, -0.15) is 0 Å². The Kier molecular flexibility index (Phi) is 6.55. The van der Waals surface area contributed by atoms with E-state index in [0.29, 0.717) is 58.6 Å². The standard InChI is InChI=1S/C22H22Cl2N4O4/c1-25-21(29)13-3-4-16(17(24)9-13)20-18(28-6-5-14(23)10-19(28)26-20)11-15-12-27(7-8-32-15)22(30)31-2/h3-6,9-10,15H,7-8,11-12H2,1-2H3,(H,25,29). The number of aromatic nitrogens is 2.